The standard InChI is InChI=1S/C21H30N2O3/c1-15(14-24)23-12-17-9-6-10-18(21(17)19(25)13-23)22-20(26)11-16-7-4-2-3-5-8-16/h6,9-10,15-16,24H,2-5,7-8,11-14H2,1H3,(H,22,26)/t15-/m0/s1. The monoisotopic (exact) mass is 358 g/mol. The molecular formula is C21H30N2O3. The largest absolute Gasteiger partial charge is 0.395 e. The van der Waals surface area contributed by atoms with Gasteiger partial charge in [0.25, 0.3) is 0 Å². The number of carbonyl (C=O) groups excluding carboxylic acids is 2. The Balaban J connectivity index is 1.69. The van der Waals surface area contributed by atoms with E-state index in [2.05, 4.69) is 5.32 Å². The number of amides is 1. The van der Waals surface area contributed by atoms with E-state index < -0.39 is 0 Å². The van der Waals surface area contributed by atoms with Gasteiger partial charge in [-0.2, -0.15) is 0 Å². The van der Waals surface area contributed by atoms with E-state index in [-0.39, 0.29) is 30.9 Å². The Hall–Kier alpha value is -1.72. The first-order chi connectivity index (χ1) is 12.6. The highest BCUT2D eigenvalue weighted by molar-refractivity contribution is 6.07. The lowest BCUT2D eigenvalue weighted by Gasteiger charge is -2.32. The number of fused-ring (bicyclic) bond motifs is 1. The third-order valence-corrected chi connectivity index (χ3v) is 5.76. The van der Waals surface area contributed by atoms with Gasteiger partial charge in [-0.1, -0.05) is 37.8 Å². The van der Waals surface area contributed by atoms with E-state index in [9.17, 15) is 14.7 Å². The average Bonchev–Trinajstić information content (AvgIpc) is 2.89. The smallest absolute Gasteiger partial charge is 0.224 e. The lowest BCUT2D eigenvalue weighted by atomic mass is 9.94. The Labute approximate surface area is 155 Å². The van der Waals surface area contributed by atoms with Crippen LogP contribution in [0.3, 0.4) is 0 Å². The zero-order valence-electron chi connectivity index (χ0n) is 15.7. The number of ketones is 1. The maximum absolute atomic E-state index is 12.7. The number of anilines is 1. The van der Waals surface area contributed by atoms with Crippen molar-refractivity contribution in [2.45, 2.75) is 64.5 Å². The van der Waals surface area contributed by atoms with E-state index in [1.807, 2.05) is 30.0 Å². The van der Waals surface area contributed by atoms with Crippen molar-refractivity contribution < 1.29 is 14.7 Å². The predicted molar refractivity (Wildman–Crippen MR) is 102 cm³/mol. The number of nitrogens with one attached hydrogen (secondary N) is 1. The van der Waals surface area contributed by atoms with Crippen molar-refractivity contribution in [2.75, 3.05) is 18.5 Å². The van der Waals surface area contributed by atoms with E-state index in [0.717, 1.165) is 18.4 Å². The minimum atomic E-state index is -0.0550. The van der Waals surface area contributed by atoms with Crippen LogP contribution in [0.25, 0.3) is 0 Å². The van der Waals surface area contributed by atoms with E-state index in [1.165, 1.54) is 25.7 Å². The minimum Gasteiger partial charge on any atom is -0.395 e. The average molecular weight is 358 g/mol. The minimum absolute atomic E-state index is 0.0110. The second-order valence-corrected chi connectivity index (χ2v) is 7.81. The first-order valence-corrected chi connectivity index (χ1v) is 9.88. The van der Waals surface area contributed by atoms with Crippen molar-refractivity contribution in [1.82, 2.24) is 4.90 Å². The van der Waals surface area contributed by atoms with Crippen LogP contribution in [0, 0.1) is 5.92 Å². The van der Waals surface area contributed by atoms with E-state index in [4.69, 9.17) is 0 Å². The molecule has 0 bridgehead atoms. The molecule has 5 heteroatoms. The number of benzene rings is 1. The van der Waals surface area contributed by atoms with Gasteiger partial charge in [0.15, 0.2) is 5.78 Å². The van der Waals surface area contributed by atoms with Crippen LogP contribution in [-0.4, -0.2) is 40.9 Å². The van der Waals surface area contributed by atoms with Crippen LogP contribution in [0.15, 0.2) is 18.2 Å². The summed E-state index contributed by atoms with van der Waals surface area (Å²) in [7, 11) is 0. The molecule has 0 saturated heterocycles. The van der Waals surface area contributed by atoms with Gasteiger partial charge in [-0.3, -0.25) is 14.5 Å². The van der Waals surface area contributed by atoms with Crippen molar-refractivity contribution >= 4 is 17.4 Å². The molecule has 5 nitrogen and oxygen atoms in total. The Morgan fingerprint density at radius 1 is 1.23 bits per heavy atom. The van der Waals surface area contributed by atoms with Gasteiger partial charge in [-0.05, 0) is 37.3 Å². The summed E-state index contributed by atoms with van der Waals surface area (Å²) in [4.78, 5) is 27.2. The van der Waals surface area contributed by atoms with Crippen LogP contribution in [0.4, 0.5) is 5.69 Å². The number of aliphatic hydroxyl groups is 1. The normalized spacial score (nSPS) is 20.3. The summed E-state index contributed by atoms with van der Waals surface area (Å²) in [6.07, 6.45) is 7.81. The first kappa shape index (κ1) is 19.1. The van der Waals surface area contributed by atoms with Crippen molar-refractivity contribution in [2.24, 2.45) is 5.92 Å². The Morgan fingerprint density at radius 3 is 2.65 bits per heavy atom. The topological polar surface area (TPSA) is 69.6 Å². The molecule has 0 unspecified atom stereocenters. The zero-order valence-corrected chi connectivity index (χ0v) is 15.7. The summed E-state index contributed by atoms with van der Waals surface area (Å²) >= 11 is 0. The Bertz CT molecular complexity index is 651. The lowest BCUT2D eigenvalue weighted by molar-refractivity contribution is -0.117. The summed E-state index contributed by atoms with van der Waals surface area (Å²) in [5.74, 6) is 0.495. The van der Waals surface area contributed by atoms with Crippen molar-refractivity contribution in [3.63, 3.8) is 0 Å². The third-order valence-electron chi connectivity index (χ3n) is 5.76. The van der Waals surface area contributed by atoms with Crippen LogP contribution >= 0.6 is 0 Å². The molecule has 1 fully saturated rings. The number of aliphatic hydroxyl groups excluding tert-OH is 1. The Morgan fingerprint density at radius 2 is 1.96 bits per heavy atom. The van der Waals surface area contributed by atoms with Crippen LogP contribution in [0.5, 0.6) is 0 Å². The molecule has 142 valence electrons. The summed E-state index contributed by atoms with van der Waals surface area (Å²) in [5, 5.41) is 12.4. The lowest BCUT2D eigenvalue weighted by Crippen LogP contribution is -2.42. The molecule has 0 radical (unpaired) electrons. The molecule has 1 heterocycles. The number of rotatable bonds is 5. The Kier molecular flexibility index (Phi) is 6.43. The van der Waals surface area contributed by atoms with Gasteiger partial charge in [0.05, 0.1) is 18.8 Å². The van der Waals surface area contributed by atoms with E-state index in [0.29, 0.717) is 30.1 Å². The molecule has 1 aliphatic heterocycles. The summed E-state index contributed by atoms with van der Waals surface area (Å²) in [5.41, 5.74) is 2.21. The fraction of sp³-hybridized carbons (Fsp3) is 0.619. The van der Waals surface area contributed by atoms with Crippen molar-refractivity contribution in [3.8, 4) is 0 Å². The van der Waals surface area contributed by atoms with Crippen molar-refractivity contribution in [1.29, 1.82) is 0 Å². The summed E-state index contributed by atoms with van der Waals surface area (Å²) in [6, 6.07) is 5.60. The van der Waals surface area contributed by atoms with Crippen LogP contribution < -0.4 is 5.32 Å². The molecule has 26 heavy (non-hydrogen) atoms. The fourth-order valence-corrected chi connectivity index (χ4v) is 4.16. The maximum Gasteiger partial charge on any atom is 0.224 e. The van der Waals surface area contributed by atoms with Gasteiger partial charge in [0, 0.05) is 24.6 Å². The molecule has 2 aliphatic rings. The highest BCUT2D eigenvalue weighted by Gasteiger charge is 2.28. The van der Waals surface area contributed by atoms with Gasteiger partial charge in [-0.25, -0.2) is 0 Å². The molecule has 1 aromatic rings. The van der Waals surface area contributed by atoms with Crippen LogP contribution in [0.1, 0.15) is 67.8 Å². The SMILES string of the molecule is C[C@@H](CO)N1CC(=O)c2c(cccc2NC(=O)CC2CCCCCC2)C1. The van der Waals surface area contributed by atoms with E-state index in [1.54, 1.807) is 0 Å². The summed E-state index contributed by atoms with van der Waals surface area (Å²) < 4.78 is 0. The molecule has 1 aliphatic carbocycles. The quantitative estimate of drug-likeness (QED) is 0.792. The molecule has 1 saturated carbocycles. The van der Waals surface area contributed by atoms with Gasteiger partial charge < -0.3 is 10.4 Å². The zero-order chi connectivity index (χ0) is 18.5. The van der Waals surface area contributed by atoms with Crippen LogP contribution in [-0.2, 0) is 11.3 Å². The second kappa shape index (κ2) is 8.78. The number of hydrogen-bond acceptors (Lipinski definition) is 4. The molecule has 2 N–H and O–H groups in total. The van der Waals surface area contributed by atoms with Crippen molar-refractivity contribution in [3.05, 3.63) is 29.3 Å². The van der Waals surface area contributed by atoms with Crippen LogP contribution in [0.2, 0.25) is 0 Å². The predicted octanol–water partition coefficient (Wildman–Crippen LogP) is 3.36. The van der Waals surface area contributed by atoms with Gasteiger partial charge >= 0.3 is 0 Å². The maximum atomic E-state index is 12.7. The molecule has 1 atom stereocenters. The molecular weight excluding hydrogens is 328 g/mol. The number of carbonyl (C=O) groups is 2. The second-order valence-electron chi connectivity index (χ2n) is 7.81. The number of nitrogens with zero attached hydrogens (tertiary/aromatic N) is 1. The molecule has 1 amide bonds. The number of Topliss-reactive ketones (excluding diaryl/α,β-unsaturated/α-hetero) is 1. The van der Waals surface area contributed by atoms with Gasteiger partial charge in [-0.15, -0.1) is 0 Å². The van der Waals surface area contributed by atoms with Gasteiger partial charge in [0.2, 0.25) is 5.91 Å². The fourth-order valence-electron chi connectivity index (χ4n) is 4.16. The first-order valence-electron chi connectivity index (χ1n) is 9.88. The molecule has 0 spiro atoms. The third kappa shape index (κ3) is 4.51. The highest BCUT2D eigenvalue weighted by atomic mass is 16.3. The highest BCUT2D eigenvalue weighted by Crippen LogP contribution is 2.29. The molecule has 1 aromatic carbocycles. The molecule has 0 aromatic heterocycles. The van der Waals surface area contributed by atoms with E-state index >= 15 is 0 Å². The summed E-state index contributed by atoms with van der Waals surface area (Å²) in [6.45, 7) is 2.84. The number of hydrogen-bond donors (Lipinski definition) is 2. The van der Waals surface area contributed by atoms with Gasteiger partial charge in [0.1, 0.15) is 0 Å². The molecule has 3 rings (SSSR count).